The molecule has 2 N–H and O–H groups in total. The van der Waals surface area contributed by atoms with Crippen molar-refractivity contribution in [1.82, 2.24) is 4.98 Å². The molecule has 2 atom stereocenters. The molecule has 0 saturated heterocycles. The molecule has 1 aromatic carbocycles. The molecule has 1 aromatic heterocycles. The van der Waals surface area contributed by atoms with Crippen LogP contribution in [0.2, 0.25) is 5.02 Å². The molecular weight excluding hydrogens is 387 g/mol. The second kappa shape index (κ2) is 6.91. The highest BCUT2D eigenvalue weighted by Crippen LogP contribution is 2.45. The Morgan fingerprint density at radius 3 is 2.78 bits per heavy atom. The predicted molar refractivity (Wildman–Crippen MR) is 93.3 cm³/mol. The summed E-state index contributed by atoms with van der Waals surface area (Å²) in [6.45, 7) is 3.03. The lowest BCUT2D eigenvalue weighted by atomic mass is 9.86. The van der Waals surface area contributed by atoms with E-state index >= 15 is 0 Å². The summed E-state index contributed by atoms with van der Waals surface area (Å²) in [6.07, 6.45) is -5.95. The second-order valence-corrected chi connectivity index (χ2v) is 7.00. The Kier molecular flexibility index (Phi) is 5.07. The zero-order valence-electron chi connectivity index (χ0n) is 14.7. The summed E-state index contributed by atoms with van der Waals surface area (Å²) in [6, 6.07) is 3.18. The Balaban J connectivity index is 2.17. The maximum atomic E-state index is 13.0. The number of carboxylic acid groups (broad SMARTS) is 1. The number of aromatic nitrogens is 1. The van der Waals surface area contributed by atoms with Crippen molar-refractivity contribution in [2.24, 2.45) is 0 Å². The lowest BCUT2D eigenvalue weighted by molar-refractivity contribution is -0.189. The molecule has 0 amide bonds. The summed E-state index contributed by atoms with van der Waals surface area (Å²) in [5.41, 5.74) is 0.621. The molecule has 0 saturated carbocycles. The van der Waals surface area contributed by atoms with Gasteiger partial charge in [-0.1, -0.05) is 24.6 Å². The number of ether oxygens (including phenoxy) is 2. The molecular formula is C18H19ClF3NO4. The first kappa shape index (κ1) is 19.8. The Morgan fingerprint density at radius 1 is 1.48 bits per heavy atom. The number of H-pyrrole nitrogens is 1. The van der Waals surface area contributed by atoms with Crippen molar-refractivity contribution in [2.75, 3.05) is 6.61 Å². The lowest BCUT2D eigenvalue weighted by Crippen LogP contribution is -2.37. The van der Waals surface area contributed by atoms with Gasteiger partial charge in [0.15, 0.2) is 11.9 Å². The van der Waals surface area contributed by atoms with E-state index in [4.69, 9.17) is 21.1 Å². The fourth-order valence-electron chi connectivity index (χ4n) is 3.48. The summed E-state index contributed by atoms with van der Waals surface area (Å²) >= 11 is 6.11. The van der Waals surface area contributed by atoms with Crippen molar-refractivity contribution in [1.29, 1.82) is 0 Å². The number of hydrogen-bond donors (Lipinski definition) is 2. The zero-order chi connectivity index (χ0) is 20.0. The first-order valence-electron chi connectivity index (χ1n) is 8.51. The Bertz CT molecular complexity index is 880. The van der Waals surface area contributed by atoms with E-state index in [1.165, 1.54) is 6.07 Å². The van der Waals surface area contributed by atoms with Crippen molar-refractivity contribution in [3.63, 3.8) is 0 Å². The third kappa shape index (κ3) is 3.48. The standard InChI is InChI=1S/C18H19ClF3NO4/c1-3-17(8-13(24)25)16-11(6-7-26-17)10-4-5-12(19)15(14(10)23-16)27-9(2)18(20,21)22/h4-5,9,23H,3,6-8H2,1-2H3,(H,24,25). The number of hydrogen-bond acceptors (Lipinski definition) is 3. The van der Waals surface area contributed by atoms with Gasteiger partial charge >= 0.3 is 12.1 Å². The highest BCUT2D eigenvalue weighted by Gasteiger charge is 2.42. The lowest BCUT2D eigenvalue weighted by Gasteiger charge is -2.35. The van der Waals surface area contributed by atoms with Gasteiger partial charge in [0.05, 0.1) is 29.3 Å². The minimum Gasteiger partial charge on any atom is -0.481 e. The van der Waals surface area contributed by atoms with Crippen molar-refractivity contribution in [3.8, 4) is 5.75 Å². The highest BCUT2D eigenvalue weighted by molar-refractivity contribution is 6.33. The Hall–Kier alpha value is -1.93. The van der Waals surface area contributed by atoms with E-state index in [-0.39, 0.29) is 17.2 Å². The second-order valence-electron chi connectivity index (χ2n) is 6.60. The van der Waals surface area contributed by atoms with Crippen molar-refractivity contribution in [3.05, 3.63) is 28.4 Å². The van der Waals surface area contributed by atoms with Gasteiger partial charge in [0, 0.05) is 5.39 Å². The van der Waals surface area contributed by atoms with E-state index in [2.05, 4.69) is 4.98 Å². The van der Waals surface area contributed by atoms with E-state index in [0.29, 0.717) is 36.0 Å². The van der Waals surface area contributed by atoms with Crippen molar-refractivity contribution >= 4 is 28.5 Å². The van der Waals surface area contributed by atoms with Gasteiger partial charge in [-0.25, -0.2) is 0 Å². The molecule has 2 unspecified atom stereocenters. The summed E-state index contributed by atoms with van der Waals surface area (Å²) in [7, 11) is 0. The van der Waals surface area contributed by atoms with Crippen LogP contribution in [0.5, 0.6) is 5.75 Å². The summed E-state index contributed by atoms with van der Waals surface area (Å²) in [5.74, 6) is -1.13. The number of nitrogens with one attached hydrogen (secondary N) is 1. The van der Waals surface area contributed by atoms with Crippen LogP contribution >= 0.6 is 11.6 Å². The molecule has 3 rings (SSSR count). The molecule has 5 nitrogen and oxygen atoms in total. The minimum atomic E-state index is -4.54. The van der Waals surface area contributed by atoms with E-state index in [1.54, 1.807) is 13.0 Å². The summed E-state index contributed by atoms with van der Waals surface area (Å²) in [4.78, 5) is 14.4. The molecule has 0 bridgehead atoms. The molecule has 0 fully saturated rings. The van der Waals surface area contributed by atoms with Crippen LogP contribution in [0.4, 0.5) is 13.2 Å². The van der Waals surface area contributed by atoms with E-state index in [0.717, 1.165) is 12.5 Å². The fraction of sp³-hybridized carbons (Fsp3) is 0.500. The molecule has 0 radical (unpaired) electrons. The van der Waals surface area contributed by atoms with Crippen molar-refractivity contribution < 1.29 is 32.5 Å². The third-order valence-electron chi connectivity index (χ3n) is 4.94. The van der Waals surface area contributed by atoms with Crippen LogP contribution in [0, 0.1) is 0 Å². The number of alkyl halides is 3. The topological polar surface area (TPSA) is 71.5 Å². The van der Waals surface area contributed by atoms with Crippen LogP contribution in [-0.2, 0) is 21.6 Å². The molecule has 2 heterocycles. The Morgan fingerprint density at radius 2 is 2.19 bits per heavy atom. The minimum absolute atomic E-state index is 0.0402. The largest absolute Gasteiger partial charge is 0.481 e. The molecule has 1 aliphatic rings. The number of rotatable bonds is 5. The molecule has 0 aliphatic carbocycles. The van der Waals surface area contributed by atoms with E-state index in [1.807, 2.05) is 0 Å². The number of carboxylic acids is 1. The van der Waals surface area contributed by atoms with Crippen LogP contribution in [0.1, 0.15) is 37.9 Å². The average molecular weight is 406 g/mol. The third-order valence-corrected chi connectivity index (χ3v) is 5.23. The zero-order valence-corrected chi connectivity index (χ0v) is 15.5. The molecule has 2 aromatic rings. The predicted octanol–water partition coefficient (Wildman–Crippen LogP) is 4.80. The van der Waals surface area contributed by atoms with Gasteiger partial charge in [-0.2, -0.15) is 13.2 Å². The monoisotopic (exact) mass is 405 g/mol. The van der Waals surface area contributed by atoms with Gasteiger partial charge in [0.25, 0.3) is 0 Å². The molecule has 0 spiro atoms. The van der Waals surface area contributed by atoms with Gasteiger partial charge in [0.2, 0.25) is 0 Å². The number of benzene rings is 1. The number of carbonyl (C=O) groups is 1. The quantitative estimate of drug-likeness (QED) is 0.749. The number of aliphatic carboxylic acids is 1. The van der Waals surface area contributed by atoms with Crippen LogP contribution in [-0.4, -0.2) is 34.9 Å². The van der Waals surface area contributed by atoms with Gasteiger partial charge in [0.1, 0.15) is 5.60 Å². The molecule has 148 valence electrons. The van der Waals surface area contributed by atoms with E-state index < -0.39 is 23.9 Å². The van der Waals surface area contributed by atoms with E-state index in [9.17, 15) is 23.1 Å². The van der Waals surface area contributed by atoms with Crippen LogP contribution in [0.15, 0.2) is 12.1 Å². The maximum absolute atomic E-state index is 13.0. The van der Waals surface area contributed by atoms with Gasteiger partial charge in [-0.15, -0.1) is 0 Å². The smallest absolute Gasteiger partial charge is 0.425 e. The number of fused-ring (bicyclic) bond motifs is 3. The van der Waals surface area contributed by atoms with Gasteiger partial charge in [-0.3, -0.25) is 4.79 Å². The first-order valence-corrected chi connectivity index (χ1v) is 8.89. The normalized spacial score (nSPS) is 21.1. The Labute approximate surface area is 158 Å². The number of aromatic amines is 1. The molecule has 9 heteroatoms. The fourth-order valence-corrected chi connectivity index (χ4v) is 3.69. The SMILES string of the molecule is CCC1(CC(=O)O)OCCc2c1[nH]c1c(OC(C)C(F)(F)F)c(Cl)ccc21. The summed E-state index contributed by atoms with van der Waals surface area (Å²) < 4.78 is 49.8. The molecule has 27 heavy (non-hydrogen) atoms. The summed E-state index contributed by atoms with van der Waals surface area (Å²) in [5, 5.41) is 10.0. The van der Waals surface area contributed by atoms with Gasteiger partial charge in [-0.05, 0) is 31.4 Å². The van der Waals surface area contributed by atoms with Crippen LogP contribution in [0.3, 0.4) is 0 Å². The average Bonchev–Trinajstić information content (AvgIpc) is 2.96. The van der Waals surface area contributed by atoms with Gasteiger partial charge < -0.3 is 19.6 Å². The molecule has 1 aliphatic heterocycles. The highest BCUT2D eigenvalue weighted by atomic mass is 35.5. The van der Waals surface area contributed by atoms with Crippen LogP contribution < -0.4 is 4.74 Å². The first-order chi connectivity index (χ1) is 12.6. The van der Waals surface area contributed by atoms with Crippen LogP contribution in [0.25, 0.3) is 10.9 Å². The van der Waals surface area contributed by atoms with Crippen molar-refractivity contribution in [2.45, 2.75) is 51.0 Å². The number of halogens is 4. The maximum Gasteiger partial charge on any atom is 0.425 e.